The maximum absolute atomic E-state index is 12.9. The minimum Gasteiger partial charge on any atom is -0.393 e. The van der Waals surface area contributed by atoms with E-state index < -0.39 is 4.92 Å². The van der Waals surface area contributed by atoms with Crippen LogP contribution in [0.2, 0.25) is 0 Å². The second kappa shape index (κ2) is 8.83. The predicted molar refractivity (Wildman–Crippen MR) is 115 cm³/mol. The van der Waals surface area contributed by atoms with Crippen molar-refractivity contribution in [2.24, 2.45) is 0 Å². The van der Waals surface area contributed by atoms with Crippen LogP contribution in [0.25, 0.3) is 5.57 Å². The van der Waals surface area contributed by atoms with Gasteiger partial charge in [0.25, 0.3) is 5.69 Å². The number of amides is 2. The molecule has 30 heavy (non-hydrogen) atoms. The van der Waals surface area contributed by atoms with E-state index in [1.165, 1.54) is 6.07 Å². The van der Waals surface area contributed by atoms with Gasteiger partial charge >= 0.3 is 0 Å². The molecular weight excluding hydrogens is 386 g/mol. The molecule has 2 N–H and O–H groups in total. The van der Waals surface area contributed by atoms with E-state index in [-0.39, 0.29) is 29.2 Å². The van der Waals surface area contributed by atoms with E-state index in [0.717, 1.165) is 11.1 Å². The van der Waals surface area contributed by atoms with Crippen LogP contribution in [0, 0.1) is 17.0 Å². The molecule has 0 saturated carbocycles. The first-order chi connectivity index (χ1) is 14.2. The highest BCUT2D eigenvalue weighted by molar-refractivity contribution is 5.82. The second-order valence-electron chi connectivity index (χ2n) is 7.96. The fourth-order valence-corrected chi connectivity index (χ4v) is 4.08. The highest BCUT2D eigenvalue weighted by Gasteiger charge is 2.30. The highest BCUT2D eigenvalue weighted by Crippen LogP contribution is 2.32. The van der Waals surface area contributed by atoms with Crippen LogP contribution in [0.4, 0.5) is 11.4 Å². The first-order valence-corrected chi connectivity index (χ1v) is 10.2. The topological polar surface area (TPSA) is 113 Å². The van der Waals surface area contributed by atoms with Crippen molar-refractivity contribution in [3.63, 3.8) is 0 Å². The van der Waals surface area contributed by atoms with E-state index in [9.17, 15) is 19.7 Å². The van der Waals surface area contributed by atoms with Gasteiger partial charge in [-0.3, -0.25) is 24.6 Å². The molecule has 162 valence electrons. The number of rotatable bonds is 4. The summed E-state index contributed by atoms with van der Waals surface area (Å²) in [6.07, 6.45) is 2.74. The minimum atomic E-state index is -0.450. The van der Waals surface area contributed by atoms with Crippen molar-refractivity contribution >= 4 is 28.8 Å². The predicted octanol–water partition coefficient (Wildman–Crippen LogP) is 1.65. The zero-order chi connectivity index (χ0) is 22.0. The third kappa shape index (κ3) is 4.46. The molecule has 1 saturated heterocycles. The Morgan fingerprint density at radius 1 is 1.13 bits per heavy atom. The number of nitrogens with two attached hydrogens (primary N) is 1. The lowest BCUT2D eigenvalue weighted by molar-refractivity contribution is -0.383. The Hall–Kier alpha value is -2.94. The highest BCUT2D eigenvalue weighted by atomic mass is 16.6. The molecule has 2 aliphatic rings. The Labute approximate surface area is 176 Å². The molecule has 0 aliphatic carbocycles. The van der Waals surface area contributed by atoms with Crippen molar-refractivity contribution in [1.29, 1.82) is 0 Å². The lowest BCUT2D eigenvalue weighted by Crippen LogP contribution is -2.55. The number of anilines is 1. The third-order valence-electron chi connectivity index (χ3n) is 6.11. The summed E-state index contributed by atoms with van der Waals surface area (Å²) in [7, 11) is 0. The fraction of sp³-hybridized carbons (Fsp3) is 0.524. The number of aryl methyl sites for hydroxylation is 1. The van der Waals surface area contributed by atoms with Gasteiger partial charge in [0.05, 0.1) is 11.0 Å². The number of piperazine rings is 1. The maximum Gasteiger partial charge on any atom is 0.292 e. The molecule has 1 fully saturated rings. The van der Waals surface area contributed by atoms with Crippen molar-refractivity contribution < 1.29 is 14.5 Å². The van der Waals surface area contributed by atoms with Crippen LogP contribution in [0.15, 0.2) is 18.2 Å². The van der Waals surface area contributed by atoms with Gasteiger partial charge in [0.1, 0.15) is 5.69 Å². The lowest BCUT2D eigenvalue weighted by atomic mass is 9.96. The first kappa shape index (κ1) is 21.8. The Balaban J connectivity index is 1.65. The van der Waals surface area contributed by atoms with Gasteiger partial charge in [-0.15, -0.1) is 0 Å². The van der Waals surface area contributed by atoms with Crippen LogP contribution in [0.3, 0.4) is 0 Å². The van der Waals surface area contributed by atoms with E-state index in [1.54, 1.807) is 18.7 Å². The average molecular weight is 415 g/mol. The number of carbonyl (C=O) groups is 2. The van der Waals surface area contributed by atoms with Crippen molar-refractivity contribution in [3.8, 4) is 0 Å². The number of benzene rings is 1. The van der Waals surface area contributed by atoms with Gasteiger partial charge < -0.3 is 15.5 Å². The summed E-state index contributed by atoms with van der Waals surface area (Å²) in [5.74, 6) is 0.121. The summed E-state index contributed by atoms with van der Waals surface area (Å²) < 4.78 is 0. The number of nitro groups is 1. The third-order valence-corrected chi connectivity index (χ3v) is 6.11. The summed E-state index contributed by atoms with van der Waals surface area (Å²) in [5, 5.41) is 11.3. The molecule has 9 nitrogen and oxygen atoms in total. The molecule has 1 atom stereocenters. The van der Waals surface area contributed by atoms with Crippen molar-refractivity contribution in [3.05, 3.63) is 39.4 Å². The molecule has 0 aromatic heterocycles. The minimum absolute atomic E-state index is 0.0435. The molecular formula is C21H29N5O4. The average Bonchev–Trinajstić information content (AvgIpc) is 2.74. The number of hydrogen-bond donors (Lipinski definition) is 1. The number of nitrogen functional groups attached to an aromatic ring is 1. The molecule has 3 rings (SSSR count). The van der Waals surface area contributed by atoms with Gasteiger partial charge in [0.2, 0.25) is 11.8 Å². The van der Waals surface area contributed by atoms with Gasteiger partial charge in [0, 0.05) is 52.3 Å². The van der Waals surface area contributed by atoms with Gasteiger partial charge in [-0.2, -0.15) is 0 Å². The van der Waals surface area contributed by atoms with Gasteiger partial charge in [-0.05, 0) is 43.0 Å². The standard InChI is InChI=1S/C21H29N5O4/c1-14-12-18(13-19(20(14)22)26(29)30)17-4-6-23(7-5-17)15(2)21(28)25-10-8-24(9-11-25)16(3)27/h4,12-13,15H,5-11,22H2,1-3H3/t15-/m0/s1. The van der Waals surface area contributed by atoms with Gasteiger partial charge in [-0.1, -0.05) is 6.08 Å². The molecule has 0 bridgehead atoms. The summed E-state index contributed by atoms with van der Waals surface area (Å²) in [6, 6.07) is 3.16. The van der Waals surface area contributed by atoms with Gasteiger partial charge in [-0.25, -0.2) is 0 Å². The number of hydrogen-bond acceptors (Lipinski definition) is 6. The van der Waals surface area contributed by atoms with E-state index >= 15 is 0 Å². The lowest BCUT2D eigenvalue weighted by Gasteiger charge is -2.38. The Morgan fingerprint density at radius 3 is 2.30 bits per heavy atom. The molecule has 2 amide bonds. The largest absolute Gasteiger partial charge is 0.393 e. The SMILES string of the molecule is CC(=O)N1CCN(C(=O)[C@H](C)N2CC=C(c3cc(C)c(N)c([N+](=O)[O-])c3)CC2)CC1. The molecule has 2 heterocycles. The fourth-order valence-electron chi connectivity index (χ4n) is 4.08. The van der Waals surface area contributed by atoms with Crippen LogP contribution in [0.1, 0.15) is 31.4 Å². The Bertz CT molecular complexity index is 890. The van der Waals surface area contributed by atoms with E-state index in [4.69, 9.17) is 5.73 Å². The zero-order valence-corrected chi connectivity index (χ0v) is 17.8. The summed E-state index contributed by atoms with van der Waals surface area (Å²) in [5.41, 5.74) is 8.51. The summed E-state index contributed by atoms with van der Waals surface area (Å²) >= 11 is 0. The molecule has 9 heteroatoms. The van der Waals surface area contributed by atoms with Crippen LogP contribution in [-0.2, 0) is 9.59 Å². The van der Waals surface area contributed by atoms with Crippen molar-refractivity contribution in [2.75, 3.05) is 45.0 Å². The van der Waals surface area contributed by atoms with E-state index in [1.807, 2.05) is 24.0 Å². The van der Waals surface area contributed by atoms with E-state index in [2.05, 4.69) is 4.90 Å². The Morgan fingerprint density at radius 2 is 1.77 bits per heavy atom. The number of nitrogens with zero attached hydrogens (tertiary/aromatic N) is 4. The first-order valence-electron chi connectivity index (χ1n) is 10.2. The molecule has 0 spiro atoms. The number of carbonyl (C=O) groups excluding carboxylic acids is 2. The van der Waals surface area contributed by atoms with E-state index in [0.29, 0.717) is 51.3 Å². The zero-order valence-electron chi connectivity index (χ0n) is 17.8. The molecule has 1 aromatic rings. The van der Waals surface area contributed by atoms with Gasteiger partial charge in [0.15, 0.2) is 0 Å². The quantitative estimate of drug-likeness (QED) is 0.455. The van der Waals surface area contributed by atoms with Crippen molar-refractivity contribution in [1.82, 2.24) is 14.7 Å². The van der Waals surface area contributed by atoms with Crippen LogP contribution < -0.4 is 5.73 Å². The summed E-state index contributed by atoms with van der Waals surface area (Å²) in [6.45, 7) is 8.81. The monoisotopic (exact) mass is 415 g/mol. The normalized spacial score (nSPS) is 18.7. The molecule has 0 radical (unpaired) electrons. The second-order valence-corrected chi connectivity index (χ2v) is 7.96. The molecule has 0 unspecified atom stereocenters. The molecule has 2 aliphatic heterocycles. The smallest absolute Gasteiger partial charge is 0.292 e. The van der Waals surface area contributed by atoms with Crippen molar-refractivity contribution in [2.45, 2.75) is 33.2 Å². The Kier molecular flexibility index (Phi) is 6.40. The van der Waals surface area contributed by atoms with Crippen LogP contribution in [-0.4, -0.2) is 76.7 Å². The van der Waals surface area contributed by atoms with Crippen LogP contribution in [0.5, 0.6) is 0 Å². The van der Waals surface area contributed by atoms with Crippen LogP contribution >= 0.6 is 0 Å². The maximum atomic E-state index is 12.9. The summed E-state index contributed by atoms with van der Waals surface area (Å²) in [4.78, 5) is 40.9. The number of nitro benzene ring substituents is 1. The molecule has 1 aromatic carbocycles.